The van der Waals surface area contributed by atoms with E-state index in [9.17, 15) is 9.90 Å². The summed E-state index contributed by atoms with van der Waals surface area (Å²) in [5.74, 6) is -0.00375. The lowest BCUT2D eigenvalue weighted by Gasteiger charge is -2.20. The highest BCUT2D eigenvalue weighted by Crippen LogP contribution is 2.23. The minimum absolute atomic E-state index is 0.00375. The molecule has 1 aromatic rings. The Morgan fingerprint density at radius 1 is 1.58 bits per heavy atom. The van der Waals surface area contributed by atoms with Crippen LogP contribution in [0.15, 0.2) is 15.9 Å². The van der Waals surface area contributed by atoms with Crippen molar-refractivity contribution in [2.75, 3.05) is 19.8 Å². The van der Waals surface area contributed by atoms with E-state index in [0.29, 0.717) is 26.1 Å². The number of ether oxygens (including phenoxy) is 1. The third-order valence-corrected chi connectivity index (χ3v) is 4.84. The summed E-state index contributed by atoms with van der Waals surface area (Å²) in [6.45, 7) is 1.17. The van der Waals surface area contributed by atoms with Crippen LogP contribution in [0, 0.1) is 0 Å². The summed E-state index contributed by atoms with van der Waals surface area (Å²) in [6.07, 6.45) is 2.83. The summed E-state index contributed by atoms with van der Waals surface area (Å²) < 4.78 is 6.25. The van der Waals surface area contributed by atoms with Crippen LogP contribution < -0.4 is 5.32 Å². The standard InChI is InChI=1S/C13H18BrNO3S/c14-11-5-4-10(19-11)2-1-3-12(16)15-8-13(17)6-7-18-9-13/h4-5,17H,1-3,6-9H2,(H,15,16). The fraction of sp³-hybridized carbons (Fsp3) is 0.615. The first kappa shape index (κ1) is 15.0. The van der Waals surface area contributed by atoms with Gasteiger partial charge in [-0.2, -0.15) is 0 Å². The third kappa shape index (κ3) is 4.87. The molecule has 1 fully saturated rings. The van der Waals surface area contributed by atoms with Gasteiger partial charge in [0.1, 0.15) is 5.60 Å². The molecule has 1 saturated heterocycles. The van der Waals surface area contributed by atoms with Crippen molar-refractivity contribution >= 4 is 33.2 Å². The number of hydrogen-bond donors (Lipinski definition) is 2. The van der Waals surface area contributed by atoms with Crippen molar-refractivity contribution in [3.8, 4) is 0 Å². The molecular weight excluding hydrogens is 330 g/mol. The molecule has 19 heavy (non-hydrogen) atoms. The molecule has 1 aliphatic rings. The number of rotatable bonds is 6. The zero-order valence-corrected chi connectivity index (χ0v) is 13.1. The second-order valence-electron chi connectivity index (χ2n) is 4.86. The predicted octanol–water partition coefficient (Wildman–Crippen LogP) is 2.10. The zero-order chi connectivity index (χ0) is 13.7. The Morgan fingerprint density at radius 3 is 3.05 bits per heavy atom. The highest BCUT2D eigenvalue weighted by Gasteiger charge is 2.32. The minimum atomic E-state index is -0.867. The molecule has 0 saturated carbocycles. The van der Waals surface area contributed by atoms with Gasteiger partial charge in [0.05, 0.1) is 10.4 Å². The van der Waals surface area contributed by atoms with Crippen LogP contribution in [0.4, 0.5) is 0 Å². The number of hydrogen-bond acceptors (Lipinski definition) is 4. The molecule has 0 bridgehead atoms. The first-order valence-electron chi connectivity index (χ1n) is 6.38. The summed E-state index contributed by atoms with van der Waals surface area (Å²) >= 11 is 5.12. The Hall–Kier alpha value is -0.430. The van der Waals surface area contributed by atoms with Crippen molar-refractivity contribution in [3.05, 3.63) is 20.8 Å². The number of carbonyl (C=O) groups is 1. The number of nitrogens with one attached hydrogen (secondary N) is 1. The molecule has 4 nitrogen and oxygen atoms in total. The van der Waals surface area contributed by atoms with E-state index < -0.39 is 5.60 Å². The topological polar surface area (TPSA) is 58.6 Å². The second kappa shape index (κ2) is 6.83. The first-order chi connectivity index (χ1) is 9.07. The number of amides is 1. The largest absolute Gasteiger partial charge is 0.386 e. The molecule has 0 spiro atoms. The summed E-state index contributed by atoms with van der Waals surface area (Å²) in [5.41, 5.74) is -0.867. The molecule has 6 heteroatoms. The van der Waals surface area contributed by atoms with Gasteiger partial charge in [-0.3, -0.25) is 4.79 Å². The van der Waals surface area contributed by atoms with Crippen molar-refractivity contribution in [1.29, 1.82) is 0 Å². The number of thiophene rings is 1. The quantitative estimate of drug-likeness (QED) is 0.828. The van der Waals surface area contributed by atoms with E-state index in [-0.39, 0.29) is 12.5 Å². The second-order valence-corrected chi connectivity index (χ2v) is 7.41. The minimum Gasteiger partial charge on any atom is -0.386 e. The average Bonchev–Trinajstić information content (AvgIpc) is 2.97. The van der Waals surface area contributed by atoms with Crippen LogP contribution in [0.2, 0.25) is 0 Å². The highest BCUT2D eigenvalue weighted by molar-refractivity contribution is 9.11. The van der Waals surface area contributed by atoms with Gasteiger partial charge in [-0.1, -0.05) is 0 Å². The summed E-state index contributed by atoms with van der Waals surface area (Å²) in [4.78, 5) is 12.9. The molecule has 0 radical (unpaired) electrons. The van der Waals surface area contributed by atoms with Gasteiger partial charge < -0.3 is 15.2 Å². The Bertz CT molecular complexity index is 429. The van der Waals surface area contributed by atoms with Crippen LogP contribution in [0.5, 0.6) is 0 Å². The van der Waals surface area contributed by atoms with Crippen molar-refractivity contribution in [3.63, 3.8) is 0 Å². The van der Waals surface area contributed by atoms with Crippen LogP contribution >= 0.6 is 27.3 Å². The van der Waals surface area contributed by atoms with Crippen molar-refractivity contribution in [2.24, 2.45) is 0 Å². The van der Waals surface area contributed by atoms with Crippen LogP contribution in [0.25, 0.3) is 0 Å². The predicted molar refractivity (Wildman–Crippen MR) is 78.4 cm³/mol. The van der Waals surface area contributed by atoms with E-state index >= 15 is 0 Å². The molecule has 1 unspecified atom stereocenters. The summed E-state index contributed by atoms with van der Waals surface area (Å²) in [7, 11) is 0. The van der Waals surface area contributed by atoms with Crippen LogP contribution in [-0.4, -0.2) is 36.4 Å². The number of carbonyl (C=O) groups excluding carboxylic acids is 1. The van der Waals surface area contributed by atoms with Crippen molar-refractivity contribution in [2.45, 2.75) is 31.3 Å². The van der Waals surface area contributed by atoms with Gasteiger partial charge >= 0.3 is 0 Å². The molecule has 106 valence electrons. The van der Waals surface area contributed by atoms with Gasteiger partial charge in [0, 0.05) is 30.9 Å². The molecule has 2 N–H and O–H groups in total. The Morgan fingerprint density at radius 2 is 2.42 bits per heavy atom. The number of aryl methyl sites for hydroxylation is 1. The lowest BCUT2D eigenvalue weighted by molar-refractivity contribution is -0.122. The van der Waals surface area contributed by atoms with Crippen LogP contribution in [-0.2, 0) is 16.0 Å². The Kier molecular flexibility index (Phi) is 5.38. The highest BCUT2D eigenvalue weighted by atomic mass is 79.9. The van der Waals surface area contributed by atoms with E-state index in [1.165, 1.54) is 4.88 Å². The molecule has 1 aliphatic heterocycles. The maximum absolute atomic E-state index is 11.7. The van der Waals surface area contributed by atoms with Crippen LogP contribution in [0.3, 0.4) is 0 Å². The zero-order valence-electron chi connectivity index (χ0n) is 10.7. The SMILES string of the molecule is O=C(CCCc1ccc(Br)s1)NCC1(O)CCOC1. The van der Waals surface area contributed by atoms with Crippen molar-refractivity contribution < 1.29 is 14.6 Å². The molecule has 0 aromatic carbocycles. The molecule has 2 rings (SSSR count). The van der Waals surface area contributed by atoms with Crippen molar-refractivity contribution in [1.82, 2.24) is 5.32 Å². The monoisotopic (exact) mass is 347 g/mol. The van der Waals surface area contributed by atoms with E-state index in [4.69, 9.17) is 4.74 Å². The maximum atomic E-state index is 11.7. The van der Waals surface area contributed by atoms with E-state index in [1.807, 2.05) is 6.07 Å². The van der Waals surface area contributed by atoms with Gasteiger partial charge in [0.2, 0.25) is 5.91 Å². The van der Waals surface area contributed by atoms with E-state index in [1.54, 1.807) is 11.3 Å². The molecule has 1 atom stereocenters. The summed E-state index contributed by atoms with van der Waals surface area (Å²) in [6, 6.07) is 4.10. The first-order valence-corrected chi connectivity index (χ1v) is 7.99. The normalized spacial score (nSPS) is 22.6. The third-order valence-electron chi connectivity index (χ3n) is 3.15. The van der Waals surface area contributed by atoms with Gasteiger partial charge in [-0.15, -0.1) is 11.3 Å². The molecule has 2 heterocycles. The Balaban J connectivity index is 1.62. The van der Waals surface area contributed by atoms with Crippen LogP contribution in [0.1, 0.15) is 24.1 Å². The fourth-order valence-corrected chi connectivity index (χ4v) is 3.52. The van der Waals surface area contributed by atoms with E-state index in [2.05, 4.69) is 27.3 Å². The Labute approximate surface area is 125 Å². The fourth-order valence-electron chi connectivity index (χ4n) is 2.00. The maximum Gasteiger partial charge on any atom is 0.220 e. The lowest BCUT2D eigenvalue weighted by Crippen LogP contribution is -2.43. The molecule has 0 aliphatic carbocycles. The molecule has 1 amide bonds. The average molecular weight is 348 g/mol. The molecular formula is C13H18BrNO3S. The molecule has 1 aromatic heterocycles. The number of halogens is 1. The van der Waals surface area contributed by atoms with Gasteiger partial charge in [-0.05, 0) is 40.9 Å². The summed E-state index contributed by atoms with van der Waals surface area (Å²) in [5, 5.41) is 12.8. The smallest absolute Gasteiger partial charge is 0.220 e. The number of aliphatic hydroxyl groups is 1. The van der Waals surface area contributed by atoms with Gasteiger partial charge in [-0.25, -0.2) is 0 Å². The lowest BCUT2D eigenvalue weighted by atomic mass is 10.0. The van der Waals surface area contributed by atoms with Gasteiger partial charge in [0.25, 0.3) is 0 Å². The van der Waals surface area contributed by atoms with Gasteiger partial charge in [0.15, 0.2) is 0 Å². The van der Waals surface area contributed by atoms with E-state index in [0.717, 1.165) is 16.6 Å².